The minimum atomic E-state index is 0.132. The van der Waals surface area contributed by atoms with Crippen molar-refractivity contribution >= 4 is 23.4 Å². The zero-order valence-corrected chi connectivity index (χ0v) is 10.4. The van der Waals surface area contributed by atoms with Gasteiger partial charge in [0.15, 0.2) is 0 Å². The molecule has 1 aromatic carbocycles. The SMILES string of the molecule is Nc1nc(Cl)cc(NCCc2ccccc2O)n1. The lowest BCUT2D eigenvalue weighted by Gasteiger charge is -2.07. The fraction of sp³-hybridized carbons (Fsp3) is 0.167. The van der Waals surface area contributed by atoms with Crippen molar-refractivity contribution in [2.24, 2.45) is 0 Å². The molecule has 2 aromatic rings. The summed E-state index contributed by atoms with van der Waals surface area (Å²) < 4.78 is 0. The standard InChI is InChI=1S/C12H13ClN4O/c13-10-7-11(17-12(14)16-10)15-6-5-8-3-1-2-4-9(8)18/h1-4,7,18H,5-6H2,(H3,14,15,16,17). The van der Waals surface area contributed by atoms with Gasteiger partial charge in [0.05, 0.1) is 0 Å². The molecule has 0 atom stereocenters. The highest BCUT2D eigenvalue weighted by molar-refractivity contribution is 6.29. The summed E-state index contributed by atoms with van der Waals surface area (Å²) >= 11 is 5.76. The molecule has 2 rings (SSSR count). The third kappa shape index (κ3) is 3.24. The van der Waals surface area contributed by atoms with E-state index in [4.69, 9.17) is 17.3 Å². The third-order valence-corrected chi connectivity index (χ3v) is 2.60. The Hall–Kier alpha value is -2.01. The number of nitrogens with one attached hydrogen (secondary N) is 1. The Morgan fingerprint density at radius 2 is 2.06 bits per heavy atom. The molecule has 94 valence electrons. The highest BCUT2D eigenvalue weighted by atomic mass is 35.5. The van der Waals surface area contributed by atoms with Gasteiger partial charge in [-0.2, -0.15) is 4.98 Å². The van der Waals surface area contributed by atoms with Crippen molar-refractivity contribution in [2.75, 3.05) is 17.6 Å². The Kier molecular flexibility index (Phi) is 3.84. The molecule has 0 fully saturated rings. The van der Waals surface area contributed by atoms with Crippen molar-refractivity contribution in [1.29, 1.82) is 0 Å². The van der Waals surface area contributed by atoms with Gasteiger partial charge in [0.2, 0.25) is 5.95 Å². The van der Waals surface area contributed by atoms with Crippen molar-refractivity contribution in [3.05, 3.63) is 41.0 Å². The van der Waals surface area contributed by atoms with Crippen LogP contribution < -0.4 is 11.1 Å². The van der Waals surface area contributed by atoms with E-state index >= 15 is 0 Å². The van der Waals surface area contributed by atoms with Gasteiger partial charge in [0.1, 0.15) is 16.7 Å². The predicted molar refractivity (Wildman–Crippen MR) is 71.8 cm³/mol. The van der Waals surface area contributed by atoms with Gasteiger partial charge in [0.25, 0.3) is 0 Å². The maximum atomic E-state index is 9.60. The number of phenols is 1. The molecule has 1 aromatic heterocycles. The molecule has 0 unspecified atom stereocenters. The van der Waals surface area contributed by atoms with Crippen LogP contribution in [0.4, 0.5) is 11.8 Å². The second-order valence-electron chi connectivity index (χ2n) is 3.74. The molecule has 0 radical (unpaired) electrons. The van der Waals surface area contributed by atoms with E-state index in [-0.39, 0.29) is 5.95 Å². The second-order valence-corrected chi connectivity index (χ2v) is 4.13. The number of nitrogen functional groups attached to an aromatic ring is 1. The van der Waals surface area contributed by atoms with E-state index < -0.39 is 0 Å². The predicted octanol–water partition coefficient (Wildman–Crippen LogP) is 2.07. The highest BCUT2D eigenvalue weighted by Gasteiger charge is 2.02. The molecule has 18 heavy (non-hydrogen) atoms. The van der Waals surface area contributed by atoms with Gasteiger partial charge >= 0.3 is 0 Å². The minimum absolute atomic E-state index is 0.132. The smallest absolute Gasteiger partial charge is 0.223 e. The van der Waals surface area contributed by atoms with Crippen molar-refractivity contribution in [3.63, 3.8) is 0 Å². The summed E-state index contributed by atoms with van der Waals surface area (Å²) in [6.07, 6.45) is 0.675. The molecular formula is C12H13ClN4O. The van der Waals surface area contributed by atoms with Crippen LogP contribution in [0.15, 0.2) is 30.3 Å². The van der Waals surface area contributed by atoms with Gasteiger partial charge in [-0.3, -0.25) is 0 Å². The number of aromatic hydroxyl groups is 1. The Morgan fingerprint density at radius 3 is 2.78 bits per heavy atom. The Bertz CT molecular complexity index is 527. The van der Waals surface area contributed by atoms with Crippen LogP contribution in [0.5, 0.6) is 5.75 Å². The van der Waals surface area contributed by atoms with Crippen molar-refractivity contribution in [3.8, 4) is 5.75 Å². The summed E-state index contributed by atoms with van der Waals surface area (Å²) in [6.45, 7) is 0.615. The number of anilines is 2. The summed E-state index contributed by atoms with van der Waals surface area (Å²) in [5.74, 6) is 0.995. The fourth-order valence-corrected chi connectivity index (χ4v) is 1.76. The number of benzene rings is 1. The maximum absolute atomic E-state index is 9.60. The van der Waals surface area contributed by atoms with Gasteiger partial charge < -0.3 is 16.2 Å². The zero-order valence-electron chi connectivity index (χ0n) is 9.60. The van der Waals surface area contributed by atoms with E-state index in [1.807, 2.05) is 12.1 Å². The van der Waals surface area contributed by atoms with Crippen LogP contribution in [0.2, 0.25) is 5.15 Å². The number of nitrogens with zero attached hydrogens (tertiary/aromatic N) is 2. The van der Waals surface area contributed by atoms with E-state index in [1.54, 1.807) is 18.2 Å². The Morgan fingerprint density at radius 1 is 1.28 bits per heavy atom. The number of hydrogen-bond acceptors (Lipinski definition) is 5. The molecule has 0 aliphatic rings. The summed E-state index contributed by atoms with van der Waals surface area (Å²) in [4.78, 5) is 7.76. The lowest BCUT2D eigenvalue weighted by atomic mass is 10.1. The van der Waals surface area contributed by atoms with Crippen LogP contribution >= 0.6 is 11.6 Å². The highest BCUT2D eigenvalue weighted by Crippen LogP contribution is 2.17. The van der Waals surface area contributed by atoms with Crippen LogP contribution in [0.3, 0.4) is 0 Å². The maximum Gasteiger partial charge on any atom is 0.223 e. The van der Waals surface area contributed by atoms with Crippen molar-refractivity contribution in [2.45, 2.75) is 6.42 Å². The molecule has 0 amide bonds. The molecule has 0 spiro atoms. The molecule has 1 heterocycles. The fourth-order valence-electron chi connectivity index (χ4n) is 1.57. The normalized spacial score (nSPS) is 10.3. The average molecular weight is 265 g/mol. The summed E-state index contributed by atoms with van der Waals surface area (Å²) in [5, 5.41) is 13.0. The summed E-state index contributed by atoms with van der Waals surface area (Å²) in [5.41, 5.74) is 6.35. The number of hydrogen-bond donors (Lipinski definition) is 3. The first-order chi connectivity index (χ1) is 8.65. The molecular weight excluding hydrogens is 252 g/mol. The van der Waals surface area contributed by atoms with Gasteiger partial charge in [-0.15, -0.1) is 0 Å². The number of nitrogens with two attached hydrogens (primary N) is 1. The first-order valence-electron chi connectivity index (χ1n) is 5.46. The molecule has 4 N–H and O–H groups in total. The first kappa shape index (κ1) is 12.4. The summed E-state index contributed by atoms with van der Waals surface area (Å²) in [6, 6.07) is 8.81. The first-order valence-corrected chi connectivity index (χ1v) is 5.84. The number of rotatable bonds is 4. The second kappa shape index (κ2) is 5.55. The number of para-hydroxylation sites is 1. The van der Waals surface area contributed by atoms with Crippen LogP contribution in [0, 0.1) is 0 Å². The van der Waals surface area contributed by atoms with E-state index in [2.05, 4.69) is 15.3 Å². The van der Waals surface area contributed by atoms with Gasteiger partial charge in [-0.05, 0) is 18.1 Å². The Balaban J connectivity index is 1.94. The van der Waals surface area contributed by atoms with Gasteiger partial charge in [-0.25, -0.2) is 4.98 Å². The van der Waals surface area contributed by atoms with E-state index in [0.29, 0.717) is 29.7 Å². The summed E-state index contributed by atoms with van der Waals surface area (Å²) in [7, 11) is 0. The van der Waals surface area contributed by atoms with E-state index in [9.17, 15) is 5.11 Å². The number of phenolic OH excluding ortho intramolecular Hbond substituents is 1. The molecule has 0 bridgehead atoms. The molecule has 5 nitrogen and oxygen atoms in total. The van der Waals surface area contributed by atoms with Crippen LogP contribution in [0.25, 0.3) is 0 Å². The largest absolute Gasteiger partial charge is 0.508 e. The third-order valence-electron chi connectivity index (χ3n) is 2.40. The molecule has 0 saturated heterocycles. The average Bonchev–Trinajstić information content (AvgIpc) is 2.30. The minimum Gasteiger partial charge on any atom is -0.508 e. The number of halogens is 1. The molecule has 0 aliphatic heterocycles. The van der Waals surface area contributed by atoms with Gasteiger partial charge in [0, 0.05) is 12.6 Å². The van der Waals surface area contributed by atoms with Crippen molar-refractivity contribution in [1.82, 2.24) is 9.97 Å². The number of aromatic nitrogens is 2. The van der Waals surface area contributed by atoms with Crippen LogP contribution in [-0.2, 0) is 6.42 Å². The van der Waals surface area contributed by atoms with Crippen molar-refractivity contribution < 1.29 is 5.11 Å². The topological polar surface area (TPSA) is 84.1 Å². The van der Waals surface area contributed by atoms with E-state index in [0.717, 1.165) is 5.56 Å². The Labute approximate surface area is 110 Å². The van der Waals surface area contributed by atoms with Crippen LogP contribution in [0.1, 0.15) is 5.56 Å². The molecule has 6 heteroatoms. The lowest BCUT2D eigenvalue weighted by molar-refractivity contribution is 0.468. The zero-order chi connectivity index (χ0) is 13.0. The quantitative estimate of drug-likeness (QED) is 0.736. The van der Waals surface area contributed by atoms with E-state index in [1.165, 1.54) is 0 Å². The van der Waals surface area contributed by atoms with Gasteiger partial charge in [-0.1, -0.05) is 29.8 Å². The molecule has 0 aliphatic carbocycles. The lowest BCUT2D eigenvalue weighted by Crippen LogP contribution is -2.08. The monoisotopic (exact) mass is 264 g/mol. The molecule has 0 saturated carbocycles. The van der Waals surface area contributed by atoms with Crippen LogP contribution in [-0.4, -0.2) is 21.6 Å².